The Kier molecular flexibility index (Phi) is 6.99. The summed E-state index contributed by atoms with van der Waals surface area (Å²) in [5, 5.41) is 3.40. The van der Waals surface area contributed by atoms with Crippen molar-refractivity contribution in [2.45, 2.75) is 13.0 Å². The van der Waals surface area contributed by atoms with Crippen LogP contribution in [0.2, 0.25) is 0 Å². The normalized spacial score (nSPS) is 11.4. The Hall–Kier alpha value is -3.14. The van der Waals surface area contributed by atoms with E-state index in [1.807, 2.05) is 91.9 Å². The van der Waals surface area contributed by atoms with Crippen molar-refractivity contribution in [2.24, 2.45) is 0 Å². The second-order valence-corrected chi connectivity index (χ2v) is 6.13. The third kappa shape index (κ3) is 6.26. The largest absolute Gasteiger partial charge is 0.490 e. The van der Waals surface area contributed by atoms with Gasteiger partial charge in [-0.05, 0) is 43.3 Å². The SMILES string of the molecule is CC(CNc1ccccc1OCCOc1ccccc1)Oc1ccccc1. The van der Waals surface area contributed by atoms with Gasteiger partial charge in [0, 0.05) is 0 Å². The minimum atomic E-state index is 0.0295. The molecule has 3 aromatic carbocycles. The summed E-state index contributed by atoms with van der Waals surface area (Å²) in [6.07, 6.45) is 0.0295. The number of benzene rings is 3. The fourth-order valence-corrected chi connectivity index (χ4v) is 2.59. The number of para-hydroxylation sites is 4. The Balaban J connectivity index is 1.45. The molecule has 0 aliphatic rings. The molecule has 0 heterocycles. The van der Waals surface area contributed by atoms with Crippen LogP contribution in [0.15, 0.2) is 84.9 Å². The fourth-order valence-electron chi connectivity index (χ4n) is 2.59. The van der Waals surface area contributed by atoms with Crippen LogP contribution >= 0.6 is 0 Å². The molecule has 0 fully saturated rings. The molecule has 0 aliphatic carbocycles. The van der Waals surface area contributed by atoms with Gasteiger partial charge in [-0.25, -0.2) is 0 Å². The van der Waals surface area contributed by atoms with Crippen molar-refractivity contribution in [1.29, 1.82) is 0 Å². The van der Waals surface area contributed by atoms with Gasteiger partial charge in [0.05, 0.1) is 12.2 Å². The zero-order chi connectivity index (χ0) is 18.7. The monoisotopic (exact) mass is 363 g/mol. The van der Waals surface area contributed by atoms with Crippen LogP contribution in [-0.2, 0) is 0 Å². The molecular formula is C23H25NO3. The second kappa shape index (κ2) is 10.1. The van der Waals surface area contributed by atoms with E-state index in [-0.39, 0.29) is 6.10 Å². The van der Waals surface area contributed by atoms with E-state index in [0.717, 1.165) is 22.9 Å². The molecule has 3 aromatic rings. The first kappa shape index (κ1) is 18.6. The van der Waals surface area contributed by atoms with Crippen molar-refractivity contribution in [3.05, 3.63) is 84.9 Å². The fraction of sp³-hybridized carbons (Fsp3) is 0.217. The highest BCUT2D eigenvalue weighted by Gasteiger charge is 2.07. The Morgan fingerprint density at radius 3 is 2.04 bits per heavy atom. The molecule has 0 radical (unpaired) electrons. The molecule has 3 rings (SSSR count). The highest BCUT2D eigenvalue weighted by molar-refractivity contribution is 5.56. The molecule has 0 aromatic heterocycles. The Bertz CT molecular complexity index is 793. The average molecular weight is 363 g/mol. The lowest BCUT2D eigenvalue weighted by molar-refractivity contribution is 0.217. The second-order valence-electron chi connectivity index (χ2n) is 6.13. The lowest BCUT2D eigenvalue weighted by Crippen LogP contribution is -2.23. The Morgan fingerprint density at radius 1 is 0.704 bits per heavy atom. The number of rotatable bonds is 10. The lowest BCUT2D eigenvalue weighted by atomic mass is 10.2. The van der Waals surface area contributed by atoms with Gasteiger partial charge in [-0.1, -0.05) is 48.5 Å². The van der Waals surface area contributed by atoms with E-state index in [1.54, 1.807) is 0 Å². The predicted octanol–water partition coefficient (Wildman–Crippen LogP) is 5.02. The van der Waals surface area contributed by atoms with E-state index in [0.29, 0.717) is 19.8 Å². The van der Waals surface area contributed by atoms with Gasteiger partial charge in [-0.2, -0.15) is 0 Å². The van der Waals surface area contributed by atoms with Crippen molar-refractivity contribution in [3.63, 3.8) is 0 Å². The summed E-state index contributed by atoms with van der Waals surface area (Å²) in [4.78, 5) is 0. The zero-order valence-electron chi connectivity index (χ0n) is 15.5. The van der Waals surface area contributed by atoms with Gasteiger partial charge in [0.1, 0.15) is 36.6 Å². The van der Waals surface area contributed by atoms with Gasteiger partial charge >= 0.3 is 0 Å². The first-order valence-electron chi connectivity index (χ1n) is 9.16. The van der Waals surface area contributed by atoms with Crippen molar-refractivity contribution < 1.29 is 14.2 Å². The van der Waals surface area contributed by atoms with Gasteiger partial charge in [0.25, 0.3) is 0 Å². The predicted molar refractivity (Wildman–Crippen MR) is 109 cm³/mol. The lowest BCUT2D eigenvalue weighted by Gasteiger charge is -2.18. The molecule has 1 unspecified atom stereocenters. The van der Waals surface area contributed by atoms with Crippen LogP contribution in [0.5, 0.6) is 17.2 Å². The summed E-state index contributed by atoms with van der Waals surface area (Å²) >= 11 is 0. The van der Waals surface area contributed by atoms with Gasteiger partial charge in [0.15, 0.2) is 0 Å². The van der Waals surface area contributed by atoms with Gasteiger partial charge in [0.2, 0.25) is 0 Å². The van der Waals surface area contributed by atoms with E-state index in [1.165, 1.54) is 0 Å². The van der Waals surface area contributed by atoms with E-state index < -0.39 is 0 Å². The topological polar surface area (TPSA) is 39.7 Å². The average Bonchev–Trinajstić information content (AvgIpc) is 2.72. The summed E-state index contributed by atoms with van der Waals surface area (Å²) in [5.74, 6) is 2.52. The third-order valence-corrected chi connectivity index (χ3v) is 3.90. The minimum Gasteiger partial charge on any atom is -0.490 e. The summed E-state index contributed by atoms with van der Waals surface area (Å²) in [5.41, 5.74) is 0.945. The third-order valence-electron chi connectivity index (χ3n) is 3.90. The molecule has 1 N–H and O–H groups in total. The molecule has 0 saturated carbocycles. The number of hydrogen-bond acceptors (Lipinski definition) is 4. The van der Waals surface area contributed by atoms with Crippen molar-refractivity contribution >= 4 is 5.69 Å². The highest BCUT2D eigenvalue weighted by Crippen LogP contribution is 2.24. The van der Waals surface area contributed by atoms with Crippen LogP contribution < -0.4 is 19.5 Å². The number of nitrogens with one attached hydrogen (secondary N) is 1. The van der Waals surface area contributed by atoms with E-state index in [2.05, 4.69) is 5.32 Å². The van der Waals surface area contributed by atoms with Crippen molar-refractivity contribution in [3.8, 4) is 17.2 Å². The van der Waals surface area contributed by atoms with Crippen LogP contribution in [0.25, 0.3) is 0 Å². The van der Waals surface area contributed by atoms with E-state index in [4.69, 9.17) is 14.2 Å². The van der Waals surface area contributed by atoms with Crippen LogP contribution in [-0.4, -0.2) is 25.9 Å². The number of anilines is 1. The minimum absolute atomic E-state index is 0.0295. The number of hydrogen-bond donors (Lipinski definition) is 1. The van der Waals surface area contributed by atoms with Crippen LogP contribution in [0.4, 0.5) is 5.69 Å². The highest BCUT2D eigenvalue weighted by atomic mass is 16.5. The molecule has 27 heavy (non-hydrogen) atoms. The van der Waals surface area contributed by atoms with Gasteiger partial charge < -0.3 is 19.5 Å². The summed E-state index contributed by atoms with van der Waals surface area (Å²) in [6.45, 7) is 3.68. The van der Waals surface area contributed by atoms with E-state index in [9.17, 15) is 0 Å². The molecule has 0 amide bonds. The van der Waals surface area contributed by atoms with Crippen molar-refractivity contribution in [1.82, 2.24) is 0 Å². The Labute approximate surface area is 160 Å². The van der Waals surface area contributed by atoms with Gasteiger partial charge in [-0.3, -0.25) is 0 Å². The van der Waals surface area contributed by atoms with Crippen molar-refractivity contribution in [2.75, 3.05) is 25.1 Å². The van der Waals surface area contributed by atoms with Gasteiger partial charge in [-0.15, -0.1) is 0 Å². The smallest absolute Gasteiger partial charge is 0.142 e. The molecule has 1 atom stereocenters. The van der Waals surface area contributed by atoms with Crippen LogP contribution in [0, 0.1) is 0 Å². The first-order valence-corrected chi connectivity index (χ1v) is 9.16. The molecule has 0 saturated heterocycles. The zero-order valence-corrected chi connectivity index (χ0v) is 15.5. The maximum Gasteiger partial charge on any atom is 0.142 e. The first-order chi connectivity index (χ1) is 13.3. The summed E-state index contributed by atoms with van der Waals surface area (Å²) in [7, 11) is 0. The maximum atomic E-state index is 5.90. The molecule has 4 heteroatoms. The molecule has 0 aliphatic heterocycles. The molecule has 140 valence electrons. The summed E-state index contributed by atoms with van der Waals surface area (Å²) in [6, 6.07) is 27.5. The quantitative estimate of drug-likeness (QED) is 0.513. The molecule has 4 nitrogen and oxygen atoms in total. The molecule has 0 spiro atoms. The van der Waals surface area contributed by atoms with E-state index >= 15 is 0 Å². The van der Waals surface area contributed by atoms with Crippen LogP contribution in [0.1, 0.15) is 6.92 Å². The van der Waals surface area contributed by atoms with Crippen LogP contribution in [0.3, 0.4) is 0 Å². The molecule has 0 bridgehead atoms. The summed E-state index contributed by atoms with van der Waals surface area (Å²) < 4.78 is 17.4. The molecular weight excluding hydrogens is 338 g/mol. The maximum absolute atomic E-state index is 5.90. The standard InChI is InChI=1S/C23H25NO3/c1-19(27-21-12-6-3-7-13-21)18-24-22-14-8-9-15-23(22)26-17-16-25-20-10-4-2-5-11-20/h2-15,19,24H,16-18H2,1H3. The number of ether oxygens (including phenoxy) is 3. The Morgan fingerprint density at radius 2 is 1.30 bits per heavy atom.